The Morgan fingerprint density at radius 2 is 1.70 bits per heavy atom. The summed E-state index contributed by atoms with van der Waals surface area (Å²) in [5.41, 5.74) is 6.69. The molecule has 0 spiro atoms. The van der Waals surface area contributed by atoms with Crippen molar-refractivity contribution in [2.75, 3.05) is 14.2 Å². The van der Waals surface area contributed by atoms with Crippen LogP contribution in [0.1, 0.15) is 40.3 Å². The molecular formula is C36H29N3O6S. The average Bonchev–Trinajstić information content (AvgIpc) is 3.40. The minimum atomic E-state index is -0.430. The molecule has 9 nitrogen and oxygen atoms in total. The zero-order valence-electron chi connectivity index (χ0n) is 25.1. The van der Waals surface area contributed by atoms with Crippen LogP contribution in [0.25, 0.3) is 11.8 Å². The number of allylic oxidation sites excluding steroid dienone is 1. The number of aromatic nitrogens is 1. The zero-order chi connectivity index (χ0) is 31.8. The van der Waals surface area contributed by atoms with Crippen LogP contribution in [0.5, 0.6) is 17.2 Å². The fourth-order valence-electron chi connectivity index (χ4n) is 6.09. The van der Waals surface area contributed by atoms with Gasteiger partial charge in [0.2, 0.25) is 0 Å². The van der Waals surface area contributed by atoms with E-state index in [4.69, 9.17) is 19.2 Å². The van der Waals surface area contributed by atoms with Gasteiger partial charge in [0, 0.05) is 23.3 Å². The smallest absolute Gasteiger partial charge is 0.271 e. The van der Waals surface area contributed by atoms with E-state index in [2.05, 4.69) is 12.1 Å². The van der Waals surface area contributed by atoms with Gasteiger partial charge in [-0.15, -0.1) is 0 Å². The van der Waals surface area contributed by atoms with Gasteiger partial charge in [0.05, 0.1) is 35.4 Å². The minimum Gasteiger partial charge on any atom is -0.493 e. The molecule has 0 unspecified atom stereocenters. The number of methoxy groups -OCH3 is 2. The fraction of sp³-hybridized carbons (Fsp3) is 0.167. The van der Waals surface area contributed by atoms with Crippen LogP contribution >= 0.6 is 11.3 Å². The van der Waals surface area contributed by atoms with Crippen LogP contribution in [0.15, 0.2) is 106 Å². The van der Waals surface area contributed by atoms with Gasteiger partial charge in [0.1, 0.15) is 12.4 Å². The van der Waals surface area contributed by atoms with Crippen molar-refractivity contribution in [2.24, 2.45) is 4.99 Å². The highest BCUT2D eigenvalue weighted by Crippen LogP contribution is 2.42. The van der Waals surface area contributed by atoms with E-state index in [1.807, 2.05) is 60.7 Å². The molecule has 0 fully saturated rings. The summed E-state index contributed by atoms with van der Waals surface area (Å²) in [4.78, 5) is 30.6. The van der Waals surface area contributed by atoms with Crippen LogP contribution in [-0.2, 0) is 13.0 Å². The number of para-hydroxylation sites is 1. The average molecular weight is 632 g/mol. The predicted octanol–water partition coefficient (Wildman–Crippen LogP) is 5.82. The number of hydrogen-bond acceptors (Lipinski definition) is 8. The second kappa shape index (κ2) is 12.1. The standard InChI is InChI=1S/C36H29N3O6S/c1-43-30-18-14-25(19-31(30)44-2)34-28-17-13-23-7-3-5-9-27(23)33(28)37-36-38(34)35(40)32(46-36)20-24-8-4-6-10-29(24)45-21-22-11-15-26(16-12-22)39(41)42/h3-12,14-16,18-20,34H,13,17,21H2,1-2H3/b32-20-/t34-/m1/s1. The zero-order valence-corrected chi connectivity index (χ0v) is 26.0. The third-order valence-electron chi connectivity index (χ3n) is 8.34. The third kappa shape index (κ3) is 5.26. The van der Waals surface area contributed by atoms with Gasteiger partial charge in [-0.05, 0) is 71.5 Å². The van der Waals surface area contributed by atoms with Gasteiger partial charge in [-0.3, -0.25) is 19.5 Å². The van der Waals surface area contributed by atoms with Crippen molar-refractivity contribution in [3.63, 3.8) is 0 Å². The Hall–Kier alpha value is -5.48. The molecular weight excluding hydrogens is 602 g/mol. The van der Waals surface area contributed by atoms with E-state index in [9.17, 15) is 14.9 Å². The van der Waals surface area contributed by atoms with Gasteiger partial charge in [-0.2, -0.15) is 0 Å². The second-order valence-corrected chi connectivity index (χ2v) is 12.0. The topological polar surface area (TPSA) is 105 Å². The number of non-ortho nitro benzene ring substituents is 1. The van der Waals surface area contributed by atoms with Crippen molar-refractivity contribution in [2.45, 2.75) is 25.5 Å². The van der Waals surface area contributed by atoms with Crippen LogP contribution in [0.4, 0.5) is 5.69 Å². The number of benzene rings is 4. The normalized spacial score (nSPS) is 15.3. The number of rotatable bonds is 8. The van der Waals surface area contributed by atoms with E-state index in [0.29, 0.717) is 26.6 Å². The van der Waals surface area contributed by atoms with Crippen molar-refractivity contribution in [3.05, 3.63) is 154 Å². The van der Waals surface area contributed by atoms with Crippen molar-refractivity contribution in [3.8, 4) is 17.2 Å². The van der Waals surface area contributed by atoms with E-state index < -0.39 is 4.92 Å². The van der Waals surface area contributed by atoms with E-state index in [1.165, 1.54) is 29.0 Å². The van der Waals surface area contributed by atoms with Gasteiger partial charge in [-0.25, -0.2) is 4.99 Å². The van der Waals surface area contributed by atoms with E-state index in [-0.39, 0.29) is 23.9 Å². The molecule has 1 aliphatic heterocycles. The van der Waals surface area contributed by atoms with Gasteiger partial charge >= 0.3 is 0 Å². The first kappa shape index (κ1) is 29.2. The Bertz CT molecular complexity index is 2200. The largest absolute Gasteiger partial charge is 0.493 e. The summed E-state index contributed by atoms with van der Waals surface area (Å²) in [6.07, 6.45) is 3.48. The minimum absolute atomic E-state index is 0.0241. The van der Waals surface area contributed by atoms with Crippen LogP contribution in [-0.4, -0.2) is 23.7 Å². The third-order valence-corrected chi connectivity index (χ3v) is 9.33. The Labute approximate surface area is 268 Å². The molecule has 5 aromatic rings. The molecule has 1 aromatic heterocycles. The number of aryl methyl sites for hydroxylation is 1. The number of ether oxygens (including phenoxy) is 3. The van der Waals surface area contributed by atoms with Crippen LogP contribution < -0.4 is 29.1 Å². The Balaban J connectivity index is 1.33. The maximum atomic E-state index is 14.3. The molecule has 1 atom stereocenters. The molecule has 1 aliphatic carbocycles. The van der Waals surface area contributed by atoms with Crippen LogP contribution in [0.2, 0.25) is 0 Å². The Morgan fingerprint density at radius 1 is 0.935 bits per heavy atom. The molecule has 0 radical (unpaired) electrons. The van der Waals surface area contributed by atoms with Crippen LogP contribution in [0, 0.1) is 10.1 Å². The molecule has 0 amide bonds. The summed E-state index contributed by atoms with van der Waals surface area (Å²) in [6, 6.07) is 27.5. The monoisotopic (exact) mass is 631 g/mol. The number of nitro benzene ring substituents is 1. The first-order valence-electron chi connectivity index (χ1n) is 14.8. The fourth-order valence-corrected chi connectivity index (χ4v) is 7.08. The Kier molecular flexibility index (Phi) is 7.71. The van der Waals surface area contributed by atoms with Crippen molar-refractivity contribution in [1.29, 1.82) is 0 Å². The highest BCUT2D eigenvalue weighted by molar-refractivity contribution is 7.07. The van der Waals surface area contributed by atoms with E-state index in [0.717, 1.165) is 46.4 Å². The molecule has 2 aliphatic rings. The van der Waals surface area contributed by atoms with Gasteiger partial charge in [-0.1, -0.05) is 59.9 Å². The number of thiazole rings is 1. The first-order valence-corrected chi connectivity index (χ1v) is 15.6. The molecule has 10 heteroatoms. The summed E-state index contributed by atoms with van der Waals surface area (Å²) in [5, 5.41) is 11.0. The van der Waals surface area contributed by atoms with Gasteiger partial charge < -0.3 is 14.2 Å². The molecule has 7 rings (SSSR count). The lowest BCUT2D eigenvalue weighted by Crippen LogP contribution is -2.38. The lowest BCUT2D eigenvalue weighted by molar-refractivity contribution is -0.384. The lowest BCUT2D eigenvalue weighted by Gasteiger charge is -2.31. The molecule has 0 saturated carbocycles. The number of fused-ring (bicyclic) bond motifs is 3. The number of hydrogen-bond donors (Lipinski definition) is 0. The Morgan fingerprint density at radius 3 is 2.48 bits per heavy atom. The van der Waals surface area contributed by atoms with E-state index in [1.54, 1.807) is 30.9 Å². The predicted molar refractivity (Wildman–Crippen MR) is 176 cm³/mol. The molecule has 4 aromatic carbocycles. The maximum absolute atomic E-state index is 14.3. The van der Waals surface area contributed by atoms with Gasteiger partial charge in [0.15, 0.2) is 16.3 Å². The molecule has 46 heavy (non-hydrogen) atoms. The first-order chi connectivity index (χ1) is 22.4. The molecule has 0 N–H and O–H groups in total. The molecule has 0 bridgehead atoms. The number of nitrogens with zero attached hydrogens (tertiary/aromatic N) is 3. The van der Waals surface area contributed by atoms with E-state index >= 15 is 0 Å². The quantitative estimate of drug-likeness (QED) is 0.158. The maximum Gasteiger partial charge on any atom is 0.271 e. The summed E-state index contributed by atoms with van der Waals surface area (Å²) in [5.74, 6) is 1.81. The second-order valence-electron chi connectivity index (χ2n) is 11.0. The lowest BCUT2D eigenvalue weighted by atomic mass is 9.83. The molecule has 0 saturated heterocycles. The molecule has 230 valence electrons. The van der Waals surface area contributed by atoms with Crippen molar-refractivity contribution in [1.82, 2.24) is 4.57 Å². The summed E-state index contributed by atoms with van der Waals surface area (Å²) < 4.78 is 19.6. The van der Waals surface area contributed by atoms with Crippen molar-refractivity contribution >= 4 is 28.8 Å². The van der Waals surface area contributed by atoms with Crippen LogP contribution in [0.3, 0.4) is 0 Å². The highest BCUT2D eigenvalue weighted by Gasteiger charge is 2.33. The van der Waals surface area contributed by atoms with Gasteiger partial charge in [0.25, 0.3) is 11.2 Å². The summed E-state index contributed by atoms with van der Waals surface area (Å²) in [7, 11) is 3.21. The van der Waals surface area contributed by atoms with Crippen molar-refractivity contribution < 1.29 is 19.1 Å². The molecule has 2 heterocycles. The summed E-state index contributed by atoms with van der Waals surface area (Å²) in [6.45, 7) is 0.218. The summed E-state index contributed by atoms with van der Waals surface area (Å²) >= 11 is 1.35. The SMILES string of the molecule is COc1ccc([C@@H]2C3=C(N=c4s/c(=C\c5ccccc5OCc5ccc([N+](=O)[O-])cc5)c(=O)n42)c2ccccc2CC3)cc1OC. The highest BCUT2D eigenvalue weighted by atomic mass is 32.1. The number of nitro groups is 1.